The largest absolute Gasteiger partial charge is 0.459 e. The number of esters is 1. The molecule has 2 unspecified atom stereocenters. The predicted octanol–water partition coefficient (Wildman–Crippen LogP) is 4.17. The van der Waals surface area contributed by atoms with Crippen LogP contribution in [0.2, 0.25) is 5.02 Å². The van der Waals surface area contributed by atoms with Gasteiger partial charge in [0.25, 0.3) is 0 Å². The molecule has 2 amide bonds. The molecule has 1 aliphatic heterocycles. The molecule has 1 saturated carbocycles. The fourth-order valence-electron chi connectivity index (χ4n) is 4.39. The molecule has 2 aromatic rings. The molecule has 0 bridgehead atoms. The molecule has 0 radical (unpaired) electrons. The molecular formula is C25H27ClN2O4. The Morgan fingerprint density at radius 3 is 2.38 bits per heavy atom. The van der Waals surface area contributed by atoms with Gasteiger partial charge in [-0.25, -0.2) is 4.79 Å². The molecule has 1 saturated heterocycles. The predicted molar refractivity (Wildman–Crippen MR) is 121 cm³/mol. The topological polar surface area (TPSA) is 75.7 Å². The molecular weight excluding hydrogens is 428 g/mol. The molecule has 2 aromatic carbocycles. The molecule has 2 atom stereocenters. The number of nitrogens with zero attached hydrogens (tertiary/aromatic N) is 1. The SMILES string of the molecule is O=C(OCc1ccccc1)C1CC(=O)N1C(C(=O)NC1CCCCC1)c1ccc(Cl)cc1. The minimum Gasteiger partial charge on any atom is -0.459 e. The van der Waals surface area contributed by atoms with Crippen molar-refractivity contribution in [3.05, 3.63) is 70.7 Å². The van der Waals surface area contributed by atoms with Crippen LogP contribution in [-0.2, 0) is 25.7 Å². The number of rotatable bonds is 7. The van der Waals surface area contributed by atoms with Gasteiger partial charge < -0.3 is 15.0 Å². The Balaban J connectivity index is 1.51. The standard InChI is InChI=1S/C25H27ClN2O4/c26-19-13-11-18(12-14-19)23(24(30)27-20-9-5-2-6-10-20)28-21(15-22(28)29)25(31)32-16-17-7-3-1-4-8-17/h1,3-4,7-8,11-14,20-21,23H,2,5-6,9-10,15-16H2,(H,27,30). The van der Waals surface area contributed by atoms with Crippen molar-refractivity contribution < 1.29 is 19.1 Å². The maximum Gasteiger partial charge on any atom is 0.329 e. The second kappa shape index (κ2) is 10.2. The summed E-state index contributed by atoms with van der Waals surface area (Å²) >= 11 is 6.03. The average Bonchev–Trinajstić information content (AvgIpc) is 2.81. The lowest BCUT2D eigenvalue weighted by Gasteiger charge is -2.43. The highest BCUT2D eigenvalue weighted by Crippen LogP contribution is 2.34. The zero-order valence-electron chi connectivity index (χ0n) is 17.8. The van der Waals surface area contributed by atoms with Crippen molar-refractivity contribution in [3.63, 3.8) is 0 Å². The van der Waals surface area contributed by atoms with Crippen LogP contribution in [0.15, 0.2) is 54.6 Å². The smallest absolute Gasteiger partial charge is 0.329 e. The third-order valence-electron chi connectivity index (χ3n) is 6.15. The summed E-state index contributed by atoms with van der Waals surface area (Å²) in [6.07, 6.45) is 5.22. The first kappa shape index (κ1) is 22.3. The van der Waals surface area contributed by atoms with Crippen LogP contribution in [0.1, 0.15) is 55.7 Å². The molecule has 6 nitrogen and oxygen atoms in total. The summed E-state index contributed by atoms with van der Waals surface area (Å²) in [5.41, 5.74) is 1.49. The molecule has 2 aliphatic rings. The number of likely N-dealkylation sites (tertiary alicyclic amines) is 1. The summed E-state index contributed by atoms with van der Waals surface area (Å²) < 4.78 is 5.46. The maximum absolute atomic E-state index is 13.3. The lowest BCUT2D eigenvalue weighted by Crippen LogP contribution is -2.61. The van der Waals surface area contributed by atoms with E-state index in [2.05, 4.69) is 5.32 Å². The molecule has 0 aromatic heterocycles. The number of nitrogens with one attached hydrogen (secondary N) is 1. The van der Waals surface area contributed by atoms with E-state index >= 15 is 0 Å². The highest BCUT2D eigenvalue weighted by atomic mass is 35.5. The number of hydrogen-bond acceptors (Lipinski definition) is 4. The lowest BCUT2D eigenvalue weighted by atomic mass is 9.92. The van der Waals surface area contributed by atoms with Gasteiger partial charge in [0, 0.05) is 11.1 Å². The zero-order valence-corrected chi connectivity index (χ0v) is 18.6. The van der Waals surface area contributed by atoms with E-state index in [1.807, 2.05) is 30.3 Å². The molecule has 7 heteroatoms. The van der Waals surface area contributed by atoms with Crippen LogP contribution in [0.5, 0.6) is 0 Å². The van der Waals surface area contributed by atoms with Gasteiger partial charge >= 0.3 is 5.97 Å². The minimum atomic E-state index is -0.898. The summed E-state index contributed by atoms with van der Waals surface area (Å²) in [6.45, 7) is 0.123. The van der Waals surface area contributed by atoms with E-state index in [0.717, 1.165) is 31.2 Å². The third-order valence-corrected chi connectivity index (χ3v) is 6.40. The zero-order chi connectivity index (χ0) is 22.5. The van der Waals surface area contributed by atoms with E-state index in [-0.39, 0.29) is 30.9 Å². The van der Waals surface area contributed by atoms with Crippen LogP contribution in [0.3, 0.4) is 0 Å². The Labute approximate surface area is 192 Å². The number of ether oxygens (including phenoxy) is 1. The number of halogens is 1. The van der Waals surface area contributed by atoms with E-state index in [4.69, 9.17) is 16.3 Å². The van der Waals surface area contributed by atoms with Crippen molar-refractivity contribution in [3.8, 4) is 0 Å². The minimum absolute atomic E-state index is 0.0361. The summed E-state index contributed by atoms with van der Waals surface area (Å²) in [6, 6.07) is 14.6. The van der Waals surface area contributed by atoms with E-state index in [9.17, 15) is 14.4 Å². The molecule has 2 fully saturated rings. The Morgan fingerprint density at radius 2 is 1.72 bits per heavy atom. The van der Waals surface area contributed by atoms with Gasteiger partial charge in [0.1, 0.15) is 18.7 Å². The Kier molecular flexibility index (Phi) is 7.10. The molecule has 32 heavy (non-hydrogen) atoms. The molecule has 4 rings (SSSR count). The molecule has 0 spiro atoms. The van der Waals surface area contributed by atoms with Gasteiger partial charge in [0.2, 0.25) is 11.8 Å². The third kappa shape index (κ3) is 5.13. The Hall–Kier alpha value is -2.86. The summed E-state index contributed by atoms with van der Waals surface area (Å²) in [5, 5.41) is 3.64. The van der Waals surface area contributed by atoms with Gasteiger partial charge in [-0.3, -0.25) is 9.59 Å². The van der Waals surface area contributed by atoms with Crippen molar-refractivity contribution in [1.82, 2.24) is 10.2 Å². The van der Waals surface area contributed by atoms with Crippen molar-refractivity contribution in [2.45, 2.75) is 63.3 Å². The number of benzene rings is 2. The summed E-state index contributed by atoms with van der Waals surface area (Å²) in [4.78, 5) is 40.1. The first-order valence-electron chi connectivity index (χ1n) is 11.1. The first-order chi connectivity index (χ1) is 15.5. The van der Waals surface area contributed by atoms with Gasteiger partial charge in [-0.15, -0.1) is 0 Å². The van der Waals surface area contributed by atoms with E-state index < -0.39 is 18.1 Å². The number of amides is 2. The van der Waals surface area contributed by atoms with Gasteiger partial charge in [-0.05, 0) is 36.1 Å². The van der Waals surface area contributed by atoms with Crippen molar-refractivity contribution in [2.75, 3.05) is 0 Å². The van der Waals surface area contributed by atoms with Gasteiger partial charge in [0.15, 0.2) is 0 Å². The van der Waals surface area contributed by atoms with E-state index in [1.54, 1.807) is 24.3 Å². The van der Waals surface area contributed by atoms with Crippen molar-refractivity contribution in [2.24, 2.45) is 0 Å². The highest BCUT2D eigenvalue weighted by Gasteiger charge is 2.49. The average molecular weight is 455 g/mol. The fraction of sp³-hybridized carbons (Fsp3) is 0.400. The second-order valence-electron chi connectivity index (χ2n) is 8.41. The number of carbonyl (C=O) groups is 3. The van der Waals surface area contributed by atoms with Gasteiger partial charge in [0.05, 0.1) is 6.42 Å². The molecule has 1 heterocycles. The second-order valence-corrected chi connectivity index (χ2v) is 8.85. The van der Waals surface area contributed by atoms with Gasteiger partial charge in [-0.1, -0.05) is 73.3 Å². The maximum atomic E-state index is 13.3. The molecule has 1 aliphatic carbocycles. The van der Waals surface area contributed by atoms with Crippen LogP contribution in [0.25, 0.3) is 0 Å². The quantitative estimate of drug-likeness (QED) is 0.503. The van der Waals surface area contributed by atoms with E-state index in [1.165, 1.54) is 11.3 Å². The van der Waals surface area contributed by atoms with Crippen LogP contribution in [0.4, 0.5) is 0 Å². The van der Waals surface area contributed by atoms with Crippen molar-refractivity contribution in [1.29, 1.82) is 0 Å². The van der Waals surface area contributed by atoms with Crippen LogP contribution < -0.4 is 5.32 Å². The Bertz CT molecular complexity index is 958. The molecule has 1 N–H and O–H groups in total. The number of hydrogen-bond donors (Lipinski definition) is 1. The fourth-order valence-corrected chi connectivity index (χ4v) is 4.51. The van der Waals surface area contributed by atoms with Crippen LogP contribution in [0, 0.1) is 0 Å². The lowest BCUT2D eigenvalue weighted by molar-refractivity contribution is -0.172. The highest BCUT2D eigenvalue weighted by molar-refractivity contribution is 6.30. The summed E-state index contributed by atoms with van der Waals surface area (Å²) in [5.74, 6) is -1.02. The Morgan fingerprint density at radius 1 is 1.03 bits per heavy atom. The number of carbonyl (C=O) groups excluding carboxylic acids is 3. The molecule has 168 valence electrons. The van der Waals surface area contributed by atoms with Gasteiger partial charge in [-0.2, -0.15) is 0 Å². The van der Waals surface area contributed by atoms with Crippen LogP contribution >= 0.6 is 11.6 Å². The first-order valence-corrected chi connectivity index (χ1v) is 11.5. The van der Waals surface area contributed by atoms with Crippen LogP contribution in [-0.4, -0.2) is 34.8 Å². The normalized spacial score (nSPS) is 19.7. The number of β-lactam (4-membered cyclic amide) rings is 1. The van der Waals surface area contributed by atoms with Crippen molar-refractivity contribution >= 4 is 29.4 Å². The van der Waals surface area contributed by atoms with E-state index in [0.29, 0.717) is 10.6 Å². The summed E-state index contributed by atoms with van der Waals surface area (Å²) in [7, 11) is 0. The monoisotopic (exact) mass is 454 g/mol.